The molecule has 0 saturated heterocycles. The molecule has 10 heteroatoms. The third-order valence-corrected chi connectivity index (χ3v) is 2.48. The number of alkyl halides is 3. The standard InChI is InChI=1S/C6H9F3N4O2S/c1-2-3-13-4(6(7,8)9)11-12-5(13)16(10,14)15/h2-3H2,1H3,(H2,10,14,15). The molecular weight excluding hydrogens is 249 g/mol. The normalized spacial score (nSPS) is 13.1. The topological polar surface area (TPSA) is 90.9 Å². The molecule has 0 fully saturated rings. The van der Waals surface area contributed by atoms with Gasteiger partial charge in [-0.25, -0.2) is 13.6 Å². The molecule has 0 bridgehead atoms. The maximum atomic E-state index is 12.4. The van der Waals surface area contributed by atoms with Crippen molar-refractivity contribution in [1.29, 1.82) is 0 Å². The van der Waals surface area contributed by atoms with Crippen molar-refractivity contribution in [3.63, 3.8) is 0 Å². The molecule has 0 saturated carbocycles. The van der Waals surface area contributed by atoms with E-state index in [2.05, 4.69) is 10.2 Å². The number of aromatic nitrogens is 3. The Bertz CT molecular complexity index is 478. The molecule has 0 aliphatic heterocycles. The van der Waals surface area contributed by atoms with Crippen LogP contribution < -0.4 is 5.14 Å². The summed E-state index contributed by atoms with van der Waals surface area (Å²) in [4.78, 5) is 0. The lowest BCUT2D eigenvalue weighted by atomic mass is 10.4. The van der Waals surface area contributed by atoms with Crippen molar-refractivity contribution in [3.05, 3.63) is 5.82 Å². The lowest BCUT2D eigenvalue weighted by molar-refractivity contribution is -0.147. The second-order valence-corrected chi connectivity index (χ2v) is 4.46. The Morgan fingerprint density at radius 3 is 2.31 bits per heavy atom. The Kier molecular flexibility index (Phi) is 3.24. The summed E-state index contributed by atoms with van der Waals surface area (Å²) in [6.07, 6.45) is -4.46. The molecule has 1 aromatic rings. The van der Waals surface area contributed by atoms with Crippen LogP contribution in [0.3, 0.4) is 0 Å². The van der Waals surface area contributed by atoms with E-state index in [1.807, 2.05) is 0 Å². The summed E-state index contributed by atoms with van der Waals surface area (Å²) in [6, 6.07) is 0. The minimum Gasteiger partial charge on any atom is -0.293 e. The molecule has 2 N–H and O–H groups in total. The van der Waals surface area contributed by atoms with Crippen molar-refractivity contribution in [2.24, 2.45) is 5.14 Å². The lowest BCUT2D eigenvalue weighted by Gasteiger charge is -2.09. The summed E-state index contributed by atoms with van der Waals surface area (Å²) in [5.41, 5.74) is 0. The Morgan fingerprint density at radius 1 is 1.38 bits per heavy atom. The number of hydrogen-bond acceptors (Lipinski definition) is 4. The van der Waals surface area contributed by atoms with E-state index >= 15 is 0 Å². The van der Waals surface area contributed by atoms with Gasteiger partial charge in [0.05, 0.1) is 0 Å². The molecule has 0 aliphatic carbocycles. The quantitative estimate of drug-likeness (QED) is 0.847. The van der Waals surface area contributed by atoms with E-state index < -0.39 is 27.2 Å². The first kappa shape index (κ1) is 12.9. The zero-order valence-corrected chi connectivity index (χ0v) is 9.01. The molecule has 0 spiro atoms. The zero-order valence-electron chi connectivity index (χ0n) is 8.19. The molecule has 92 valence electrons. The van der Waals surface area contributed by atoms with Gasteiger partial charge in [-0.3, -0.25) is 4.57 Å². The lowest BCUT2D eigenvalue weighted by Crippen LogP contribution is -2.22. The van der Waals surface area contributed by atoms with Crippen LogP contribution in [-0.2, 0) is 22.7 Å². The fourth-order valence-corrected chi connectivity index (χ4v) is 1.77. The number of rotatable bonds is 3. The third-order valence-electron chi connectivity index (χ3n) is 1.67. The Labute approximate surface area is 89.3 Å². The molecule has 1 aromatic heterocycles. The molecular formula is C6H9F3N4O2S. The molecule has 0 unspecified atom stereocenters. The molecule has 0 amide bonds. The van der Waals surface area contributed by atoms with E-state index in [0.29, 0.717) is 11.0 Å². The Balaban J connectivity index is 3.40. The second kappa shape index (κ2) is 4.01. The van der Waals surface area contributed by atoms with Crippen LogP contribution in [0.4, 0.5) is 13.2 Å². The van der Waals surface area contributed by atoms with E-state index in [4.69, 9.17) is 5.14 Å². The van der Waals surface area contributed by atoms with E-state index in [-0.39, 0.29) is 6.54 Å². The minimum atomic E-state index is -4.76. The molecule has 0 atom stereocenters. The summed E-state index contributed by atoms with van der Waals surface area (Å²) in [5.74, 6) is -1.36. The van der Waals surface area contributed by atoms with Gasteiger partial charge in [0, 0.05) is 6.54 Å². The van der Waals surface area contributed by atoms with E-state index in [1.54, 1.807) is 6.92 Å². The largest absolute Gasteiger partial charge is 0.451 e. The van der Waals surface area contributed by atoms with Gasteiger partial charge in [0.15, 0.2) is 0 Å². The number of nitrogens with zero attached hydrogens (tertiary/aromatic N) is 3. The molecule has 0 radical (unpaired) electrons. The molecule has 6 nitrogen and oxygen atoms in total. The van der Waals surface area contributed by atoms with Gasteiger partial charge in [-0.1, -0.05) is 6.92 Å². The van der Waals surface area contributed by atoms with Crippen LogP contribution in [0.25, 0.3) is 0 Å². The van der Waals surface area contributed by atoms with Crippen LogP contribution >= 0.6 is 0 Å². The number of halogens is 3. The number of nitrogens with two attached hydrogens (primary N) is 1. The summed E-state index contributed by atoms with van der Waals surface area (Å²) in [5, 5.41) is 9.61. The molecule has 1 rings (SSSR count). The zero-order chi connectivity index (χ0) is 12.6. The predicted octanol–water partition coefficient (Wildman–Crippen LogP) is 0.354. The fraction of sp³-hybridized carbons (Fsp3) is 0.667. The highest BCUT2D eigenvalue weighted by atomic mass is 32.2. The summed E-state index contributed by atoms with van der Waals surface area (Å²) >= 11 is 0. The Morgan fingerprint density at radius 2 is 1.94 bits per heavy atom. The number of sulfonamides is 1. The van der Waals surface area contributed by atoms with Crippen molar-refractivity contribution in [3.8, 4) is 0 Å². The van der Waals surface area contributed by atoms with E-state index in [1.165, 1.54) is 0 Å². The van der Waals surface area contributed by atoms with Crippen LogP contribution in [0, 0.1) is 0 Å². The van der Waals surface area contributed by atoms with Gasteiger partial charge < -0.3 is 0 Å². The highest BCUT2D eigenvalue weighted by Crippen LogP contribution is 2.28. The summed E-state index contributed by atoms with van der Waals surface area (Å²) < 4.78 is 59.6. The van der Waals surface area contributed by atoms with Crippen molar-refractivity contribution < 1.29 is 21.6 Å². The van der Waals surface area contributed by atoms with Crippen molar-refractivity contribution in [2.75, 3.05) is 0 Å². The maximum Gasteiger partial charge on any atom is 0.451 e. The van der Waals surface area contributed by atoms with Crippen LogP contribution in [0.15, 0.2) is 5.16 Å². The van der Waals surface area contributed by atoms with Gasteiger partial charge in [0.25, 0.3) is 15.2 Å². The minimum absolute atomic E-state index is 0.173. The molecule has 1 heterocycles. The highest BCUT2D eigenvalue weighted by Gasteiger charge is 2.39. The average Bonchev–Trinajstić information content (AvgIpc) is 2.46. The van der Waals surface area contributed by atoms with Crippen molar-refractivity contribution >= 4 is 10.0 Å². The van der Waals surface area contributed by atoms with Gasteiger partial charge in [0.2, 0.25) is 5.82 Å². The van der Waals surface area contributed by atoms with Gasteiger partial charge >= 0.3 is 6.18 Å². The smallest absolute Gasteiger partial charge is 0.293 e. The van der Waals surface area contributed by atoms with Crippen molar-refractivity contribution in [1.82, 2.24) is 14.8 Å². The highest BCUT2D eigenvalue weighted by molar-refractivity contribution is 7.89. The molecule has 16 heavy (non-hydrogen) atoms. The maximum absolute atomic E-state index is 12.4. The number of primary sulfonamides is 1. The van der Waals surface area contributed by atoms with Gasteiger partial charge in [-0.2, -0.15) is 13.2 Å². The average molecular weight is 258 g/mol. The Hall–Kier alpha value is -1.16. The first-order valence-corrected chi connectivity index (χ1v) is 5.75. The number of hydrogen-bond donors (Lipinski definition) is 1. The first-order valence-electron chi connectivity index (χ1n) is 4.21. The van der Waals surface area contributed by atoms with Gasteiger partial charge in [-0.15, -0.1) is 10.2 Å². The predicted molar refractivity (Wildman–Crippen MR) is 46.7 cm³/mol. The van der Waals surface area contributed by atoms with Crippen LogP contribution in [0.5, 0.6) is 0 Å². The van der Waals surface area contributed by atoms with Crippen LogP contribution in [0.2, 0.25) is 0 Å². The fourth-order valence-electron chi connectivity index (χ4n) is 1.13. The third kappa shape index (κ3) is 2.50. The van der Waals surface area contributed by atoms with E-state index in [0.717, 1.165) is 0 Å². The first-order chi connectivity index (χ1) is 7.18. The molecule has 0 aliphatic rings. The van der Waals surface area contributed by atoms with Crippen LogP contribution in [0.1, 0.15) is 19.2 Å². The van der Waals surface area contributed by atoms with Crippen LogP contribution in [-0.4, -0.2) is 23.2 Å². The van der Waals surface area contributed by atoms with Gasteiger partial charge in [0.1, 0.15) is 0 Å². The summed E-state index contributed by atoms with van der Waals surface area (Å²) in [6.45, 7) is 1.42. The SMILES string of the molecule is CCCn1c(C(F)(F)F)nnc1S(N)(=O)=O. The van der Waals surface area contributed by atoms with E-state index in [9.17, 15) is 21.6 Å². The second-order valence-electron chi connectivity index (χ2n) is 3.00. The monoisotopic (exact) mass is 258 g/mol. The van der Waals surface area contributed by atoms with Crippen molar-refractivity contribution in [2.45, 2.75) is 31.2 Å². The van der Waals surface area contributed by atoms with Gasteiger partial charge in [-0.05, 0) is 6.42 Å². The summed E-state index contributed by atoms with van der Waals surface area (Å²) in [7, 11) is -4.31. The molecule has 0 aromatic carbocycles.